The van der Waals surface area contributed by atoms with Crippen molar-refractivity contribution in [1.82, 2.24) is 10.2 Å². The lowest BCUT2D eigenvalue weighted by molar-refractivity contribution is 0.0944. The molecule has 2 N–H and O–H groups in total. The van der Waals surface area contributed by atoms with E-state index in [2.05, 4.69) is 41.5 Å². The van der Waals surface area contributed by atoms with E-state index in [1.54, 1.807) is 11.3 Å². The summed E-state index contributed by atoms with van der Waals surface area (Å²) < 4.78 is 0. The molecule has 1 saturated heterocycles. The summed E-state index contributed by atoms with van der Waals surface area (Å²) in [6.07, 6.45) is 4.01. The Hall–Kier alpha value is -1.95. The van der Waals surface area contributed by atoms with E-state index in [-0.39, 0.29) is 12.5 Å². The van der Waals surface area contributed by atoms with Gasteiger partial charge in [0.05, 0.1) is 12.2 Å². The van der Waals surface area contributed by atoms with Gasteiger partial charge in [-0.25, -0.2) is 0 Å². The lowest BCUT2D eigenvalue weighted by atomic mass is 9.90. The number of hydrogen-bond donors (Lipinski definition) is 2. The van der Waals surface area contributed by atoms with Crippen LogP contribution in [0.2, 0.25) is 0 Å². The maximum atomic E-state index is 12.6. The van der Waals surface area contributed by atoms with Gasteiger partial charge in [0.1, 0.15) is 0 Å². The highest BCUT2D eigenvalue weighted by Crippen LogP contribution is 2.42. The first-order chi connectivity index (χ1) is 13.2. The Kier molecular flexibility index (Phi) is 5.43. The van der Waals surface area contributed by atoms with Gasteiger partial charge in [-0.05, 0) is 55.0 Å². The molecule has 2 aromatic rings. The average Bonchev–Trinajstić information content (AvgIpc) is 3.03. The number of nitrogens with one attached hydrogen (secondary N) is 1. The van der Waals surface area contributed by atoms with Crippen molar-refractivity contribution >= 4 is 22.8 Å². The molecule has 1 aromatic carbocycles. The fourth-order valence-electron chi connectivity index (χ4n) is 4.15. The predicted octanol–water partition coefficient (Wildman–Crippen LogP) is 3.10. The SMILES string of the molecule is CN1CCC(=C2c3ccccc3CCc3c(C(=O)NCCO)csc32)CC1. The molecule has 4 rings (SSSR count). The summed E-state index contributed by atoms with van der Waals surface area (Å²) >= 11 is 1.70. The van der Waals surface area contributed by atoms with Crippen LogP contribution in [0.15, 0.2) is 35.2 Å². The van der Waals surface area contributed by atoms with Crippen molar-refractivity contribution in [3.8, 4) is 0 Å². The van der Waals surface area contributed by atoms with E-state index in [9.17, 15) is 4.79 Å². The Morgan fingerprint density at radius 2 is 1.96 bits per heavy atom. The monoisotopic (exact) mass is 382 g/mol. The van der Waals surface area contributed by atoms with Gasteiger partial charge in [-0.3, -0.25) is 4.79 Å². The highest BCUT2D eigenvalue weighted by Gasteiger charge is 2.27. The minimum Gasteiger partial charge on any atom is -0.395 e. The smallest absolute Gasteiger partial charge is 0.252 e. The van der Waals surface area contributed by atoms with Crippen molar-refractivity contribution in [3.05, 3.63) is 62.3 Å². The molecule has 27 heavy (non-hydrogen) atoms. The number of hydrogen-bond acceptors (Lipinski definition) is 4. The molecule has 4 nitrogen and oxygen atoms in total. The second-order valence-corrected chi connectivity index (χ2v) is 8.26. The van der Waals surface area contributed by atoms with Gasteiger partial charge in [0.15, 0.2) is 0 Å². The molecule has 1 amide bonds. The van der Waals surface area contributed by atoms with Crippen LogP contribution in [0, 0.1) is 0 Å². The van der Waals surface area contributed by atoms with E-state index in [1.807, 2.05) is 5.38 Å². The molecule has 142 valence electrons. The van der Waals surface area contributed by atoms with Crippen molar-refractivity contribution in [1.29, 1.82) is 0 Å². The Labute approximate surface area is 164 Å². The number of aryl methyl sites for hydroxylation is 1. The van der Waals surface area contributed by atoms with Gasteiger partial charge in [-0.1, -0.05) is 29.8 Å². The fourth-order valence-corrected chi connectivity index (χ4v) is 5.36. The minimum absolute atomic E-state index is 0.0354. The fraction of sp³-hybridized carbons (Fsp3) is 0.409. The lowest BCUT2D eigenvalue weighted by Gasteiger charge is -2.27. The molecule has 1 aromatic heterocycles. The van der Waals surface area contributed by atoms with Crippen LogP contribution in [0.5, 0.6) is 0 Å². The zero-order valence-corrected chi connectivity index (χ0v) is 16.6. The van der Waals surface area contributed by atoms with Crippen LogP contribution < -0.4 is 5.32 Å². The first-order valence-electron chi connectivity index (χ1n) is 9.67. The third-order valence-corrected chi connectivity index (χ3v) is 6.68. The van der Waals surface area contributed by atoms with Gasteiger partial charge < -0.3 is 15.3 Å². The maximum Gasteiger partial charge on any atom is 0.252 e. The van der Waals surface area contributed by atoms with Crippen molar-refractivity contribution in [2.75, 3.05) is 33.3 Å². The Morgan fingerprint density at radius 1 is 1.19 bits per heavy atom. The van der Waals surface area contributed by atoms with E-state index in [0.29, 0.717) is 6.54 Å². The maximum absolute atomic E-state index is 12.6. The molecule has 1 fully saturated rings. The second-order valence-electron chi connectivity index (χ2n) is 7.38. The van der Waals surface area contributed by atoms with Crippen LogP contribution in [0.1, 0.15) is 44.8 Å². The predicted molar refractivity (Wildman–Crippen MR) is 110 cm³/mol. The van der Waals surface area contributed by atoms with Gasteiger partial charge >= 0.3 is 0 Å². The van der Waals surface area contributed by atoms with Gasteiger partial charge in [0.25, 0.3) is 5.91 Å². The van der Waals surface area contributed by atoms with E-state index in [4.69, 9.17) is 5.11 Å². The lowest BCUT2D eigenvalue weighted by Crippen LogP contribution is -2.27. The standard InChI is InChI=1S/C22H26N2O2S/c1-24-11-8-16(9-12-24)20-17-5-3-2-4-15(17)6-7-18-19(14-27-21(18)20)22(26)23-10-13-25/h2-5,14,25H,6-13H2,1H3,(H,23,26). The molecular formula is C22H26N2O2S. The van der Waals surface area contributed by atoms with Crippen LogP contribution >= 0.6 is 11.3 Å². The molecule has 0 radical (unpaired) electrons. The van der Waals surface area contributed by atoms with Crippen molar-refractivity contribution in [2.24, 2.45) is 0 Å². The molecule has 2 aliphatic rings. The van der Waals surface area contributed by atoms with Crippen LogP contribution in [0.3, 0.4) is 0 Å². The number of likely N-dealkylation sites (tertiary alicyclic amines) is 1. The topological polar surface area (TPSA) is 52.6 Å². The number of carbonyl (C=O) groups is 1. The molecule has 1 aliphatic heterocycles. The summed E-state index contributed by atoms with van der Waals surface area (Å²) in [7, 11) is 2.18. The number of piperidine rings is 1. The quantitative estimate of drug-likeness (QED) is 0.858. The molecule has 0 spiro atoms. The number of aliphatic hydroxyl groups is 1. The molecular weight excluding hydrogens is 356 g/mol. The number of nitrogens with zero attached hydrogens (tertiary/aromatic N) is 1. The van der Waals surface area contributed by atoms with Gasteiger partial charge in [0, 0.05) is 29.9 Å². The molecule has 0 bridgehead atoms. The summed E-state index contributed by atoms with van der Waals surface area (Å²) in [4.78, 5) is 16.3. The van der Waals surface area contributed by atoms with E-state index in [0.717, 1.165) is 44.3 Å². The molecule has 0 unspecified atom stereocenters. The zero-order chi connectivity index (χ0) is 18.8. The second kappa shape index (κ2) is 7.97. The molecule has 5 heteroatoms. The number of aliphatic hydroxyl groups excluding tert-OH is 1. The highest BCUT2D eigenvalue weighted by atomic mass is 32.1. The van der Waals surface area contributed by atoms with Crippen LogP contribution in [-0.2, 0) is 12.8 Å². The molecule has 0 saturated carbocycles. The average molecular weight is 383 g/mol. The largest absolute Gasteiger partial charge is 0.395 e. The number of rotatable bonds is 3. The number of benzene rings is 1. The summed E-state index contributed by atoms with van der Waals surface area (Å²) in [5.74, 6) is -0.0692. The third kappa shape index (κ3) is 3.59. The van der Waals surface area contributed by atoms with Crippen molar-refractivity contribution in [2.45, 2.75) is 25.7 Å². The van der Waals surface area contributed by atoms with Gasteiger partial charge in [0.2, 0.25) is 0 Å². The third-order valence-electron chi connectivity index (χ3n) is 5.64. The Morgan fingerprint density at radius 3 is 2.74 bits per heavy atom. The Bertz CT molecular complexity index is 874. The molecule has 2 heterocycles. The van der Waals surface area contributed by atoms with E-state index in [1.165, 1.54) is 32.7 Å². The summed E-state index contributed by atoms with van der Waals surface area (Å²) in [5, 5.41) is 13.8. The highest BCUT2D eigenvalue weighted by molar-refractivity contribution is 7.11. The van der Waals surface area contributed by atoms with Gasteiger partial charge in [-0.2, -0.15) is 0 Å². The van der Waals surface area contributed by atoms with E-state index < -0.39 is 0 Å². The van der Waals surface area contributed by atoms with Crippen LogP contribution in [0.4, 0.5) is 0 Å². The van der Waals surface area contributed by atoms with Gasteiger partial charge in [-0.15, -0.1) is 11.3 Å². The van der Waals surface area contributed by atoms with Crippen LogP contribution in [0.25, 0.3) is 5.57 Å². The first kappa shape index (κ1) is 18.4. The summed E-state index contributed by atoms with van der Waals surface area (Å²) in [6, 6.07) is 8.72. The Balaban J connectivity index is 1.82. The number of amides is 1. The molecule has 0 atom stereocenters. The number of thiophene rings is 1. The first-order valence-corrected chi connectivity index (χ1v) is 10.6. The number of carbonyl (C=O) groups excluding carboxylic acids is 1. The minimum atomic E-state index is -0.0692. The normalized spacial score (nSPS) is 17.3. The zero-order valence-electron chi connectivity index (χ0n) is 15.8. The van der Waals surface area contributed by atoms with Crippen molar-refractivity contribution < 1.29 is 9.90 Å². The van der Waals surface area contributed by atoms with Crippen LogP contribution in [-0.4, -0.2) is 49.2 Å². The molecule has 1 aliphatic carbocycles. The number of fused-ring (bicyclic) bond motifs is 2. The summed E-state index contributed by atoms with van der Waals surface area (Å²) in [5.41, 5.74) is 7.57. The van der Waals surface area contributed by atoms with Crippen molar-refractivity contribution in [3.63, 3.8) is 0 Å². The summed E-state index contributed by atoms with van der Waals surface area (Å²) in [6.45, 7) is 2.44. The van der Waals surface area contributed by atoms with E-state index >= 15 is 0 Å².